The number of likely N-dealkylation sites (tertiary alicyclic amines) is 1. The van der Waals surface area contributed by atoms with Gasteiger partial charge in [0, 0.05) is 38.3 Å². The Morgan fingerprint density at radius 2 is 2.12 bits per heavy atom. The summed E-state index contributed by atoms with van der Waals surface area (Å²) in [5.74, 6) is 1.53. The van der Waals surface area contributed by atoms with Crippen molar-refractivity contribution in [2.45, 2.75) is 52.0 Å². The number of aliphatic imine (C=N–C) groups is 1. The van der Waals surface area contributed by atoms with Gasteiger partial charge in [0.15, 0.2) is 5.96 Å². The van der Waals surface area contributed by atoms with Crippen molar-refractivity contribution in [3.05, 3.63) is 0 Å². The summed E-state index contributed by atoms with van der Waals surface area (Å²) in [6.45, 7) is 12.9. The molecule has 0 radical (unpaired) electrons. The molecule has 2 N–H and O–H groups in total. The molecule has 2 unspecified atom stereocenters. The zero-order valence-corrected chi connectivity index (χ0v) is 16.3. The number of nitrogens with zero attached hydrogens (tertiary/aromatic N) is 2. The van der Waals surface area contributed by atoms with Crippen LogP contribution in [0.25, 0.3) is 0 Å². The van der Waals surface area contributed by atoms with E-state index in [1.807, 2.05) is 0 Å². The minimum absolute atomic E-state index is 0.579. The molecule has 2 fully saturated rings. The highest BCUT2D eigenvalue weighted by molar-refractivity contribution is 5.79. The monoisotopic (exact) mass is 354 g/mol. The van der Waals surface area contributed by atoms with Crippen molar-refractivity contribution in [2.75, 3.05) is 59.2 Å². The van der Waals surface area contributed by atoms with Crippen molar-refractivity contribution in [1.29, 1.82) is 0 Å². The number of ether oxygens (including phenoxy) is 2. The molecule has 0 amide bonds. The molecule has 2 rings (SSSR count). The maximum absolute atomic E-state index is 5.76. The standard InChI is InChI=1S/C19H38N4O2/c1-3-18(23-10-5-6-11-23)14-22-19(20-4-2)21-9-7-12-24-15-17-8-13-25-16-17/h17-18H,3-16H2,1-2H3,(H2,20,21,22). The Kier molecular flexibility index (Phi) is 10.2. The van der Waals surface area contributed by atoms with Crippen molar-refractivity contribution in [2.24, 2.45) is 10.9 Å². The smallest absolute Gasteiger partial charge is 0.191 e. The summed E-state index contributed by atoms with van der Waals surface area (Å²) in [4.78, 5) is 7.40. The molecule has 146 valence electrons. The summed E-state index contributed by atoms with van der Waals surface area (Å²) in [5.41, 5.74) is 0. The molecule has 0 aromatic carbocycles. The summed E-state index contributed by atoms with van der Waals surface area (Å²) < 4.78 is 11.1. The van der Waals surface area contributed by atoms with Crippen LogP contribution in [-0.4, -0.2) is 76.1 Å². The van der Waals surface area contributed by atoms with Gasteiger partial charge in [-0.2, -0.15) is 0 Å². The highest BCUT2D eigenvalue weighted by Crippen LogP contribution is 2.14. The SMILES string of the molecule is CCNC(=NCC(CC)N1CCCC1)NCCCOCC1CCOC1. The Labute approximate surface area is 153 Å². The van der Waals surface area contributed by atoms with Crippen molar-refractivity contribution in [3.63, 3.8) is 0 Å². The van der Waals surface area contributed by atoms with E-state index >= 15 is 0 Å². The first-order chi connectivity index (χ1) is 12.3. The Morgan fingerprint density at radius 1 is 1.28 bits per heavy atom. The van der Waals surface area contributed by atoms with Gasteiger partial charge in [-0.15, -0.1) is 0 Å². The van der Waals surface area contributed by atoms with Gasteiger partial charge in [0.25, 0.3) is 0 Å². The van der Waals surface area contributed by atoms with Gasteiger partial charge in [-0.25, -0.2) is 0 Å². The Hall–Kier alpha value is -0.850. The third-order valence-electron chi connectivity index (χ3n) is 5.07. The van der Waals surface area contributed by atoms with Crippen molar-refractivity contribution < 1.29 is 9.47 Å². The summed E-state index contributed by atoms with van der Waals surface area (Å²) in [7, 11) is 0. The van der Waals surface area contributed by atoms with E-state index in [1.54, 1.807) is 0 Å². The lowest BCUT2D eigenvalue weighted by atomic mass is 10.1. The lowest BCUT2D eigenvalue weighted by Crippen LogP contribution is -2.40. The van der Waals surface area contributed by atoms with E-state index in [0.29, 0.717) is 12.0 Å². The topological polar surface area (TPSA) is 58.1 Å². The Balaban J connectivity index is 1.60. The van der Waals surface area contributed by atoms with Crippen molar-refractivity contribution in [1.82, 2.24) is 15.5 Å². The van der Waals surface area contributed by atoms with Crippen LogP contribution in [0, 0.1) is 5.92 Å². The number of rotatable bonds is 11. The first-order valence-electron chi connectivity index (χ1n) is 10.2. The van der Waals surface area contributed by atoms with Crippen LogP contribution < -0.4 is 10.6 Å². The molecule has 0 spiro atoms. The molecule has 2 saturated heterocycles. The highest BCUT2D eigenvalue weighted by atomic mass is 16.5. The molecule has 2 heterocycles. The second-order valence-corrected chi connectivity index (χ2v) is 7.11. The molecule has 6 heteroatoms. The molecule has 2 atom stereocenters. The van der Waals surface area contributed by atoms with Crippen LogP contribution in [0.1, 0.15) is 46.0 Å². The fourth-order valence-corrected chi connectivity index (χ4v) is 3.49. The van der Waals surface area contributed by atoms with E-state index < -0.39 is 0 Å². The van der Waals surface area contributed by atoms with Gasteiger partial charge in [-0.3, -0.25) is 9.89 Å². The van der Waals surface area contributed by atoms with Crippen molar-refractivity contribution in [3.8, 4) is 0 Å². The van der Waals surface area contributed by atoms with Gasteiger partial charge in [-0.05, 0) is 52.1 Å². The van der Waals surface area contributed by atoms with Gasteiger partial charge in [0.1, 0.15) is 0 Å². The average molecular weight is 355 g/mol. The summed E-state index contributed by atoms with van der Waals surface area (Å²) in [5, 5.41) is 6.79. The molecule has 6 nitrogen and oxygen atoms in total. The fourth-order valence-electron chi connectivity index (χ4n) is 3.49. The van der Waals surface area contributed by atoms with Crippen LogP contribution in [0.5, 0.6) is 0 Å². The number of hydrogen-bond donors (Lipinski definition) is 2. The lowest BCUT2D eigenvalue weighted by molar-refractivity contribution is 0.0888. The number of guanidine groups is 1. The largest absolute Gasteiger partial charge is 0.381 e. The maximum atomic E-state index is 5.76. The second kappa shape index (κ2) is 12.5. The molecular formula is C19H38N4O2. The van der Waals surface area contributed by atoms with Crippen LogP contribution in [0.15, 0.2) is 4.99 Å². The first-order valence-corrected chi connectivity index (χ1v) is 10.2. The van der Waals surface area contributed by atoms with E-state index in [2.05, 4.69) is 29.4 Å². The predicted octanol–water partition coefficient (Wildman–Crippen LogP) is 1.86. The van der Waals surface area contributed by atoms with Gasteiger partial charge in [-0.1, -0.05) is 6.92 Å². The zero-order valence-electron chi connectivity index (χ0n) is 16.3. The van der Waals surface area contributed by atoms with E-state index in [9.17, 15) is 0 Å². The number of hydrogen-bond acceptors (Lipinski definition) is 4. The van der Waals surface area contributed by atoms with Crippen LogP contribution in [0.3, 0.4) is 0 Å². The van der Waals surface area contributed by atoms with Gasteiger partial charge in [0.2, 0.25) is 0 Å². The van der Waals surface area contributed by atoms with Gasteiger partial charge >= 0.3 is 0 Å². The minimum Gasteiger partial charge on any atom is -0.381 e. The van der Waals surface area contributed by atoms with E-state index in [0.717, 1.165) is 64.9 Å². The quantitative estimate of drug-likeness (QED) is 0.337. The van der Waals surface area contributed by atoms with Crippen LogP contribution in [0.4, 0.5) is 0 Å². The van der Waals surface area contributed by atoms with E-state index in [1.165, 1.54) is 32.4 Å². The minimum atomic E-state index is 0.579. The number of nitrogens with one attached hydrogen (secondary N) is 2. The average Bonchev–Trinajstić information content (AvgIpc) is 3.32. The summed E-state index contributed by atoms with van der Waals surface area (Å²) >= 11 is 0. The van der Waals surface area contributed by atoms with Gasteiger partial charge < -0.3 is 20.1 Å². The molecule has 0 aromatic rings. The summed E-state index contributed by atoms with van der Waals surface area (Å²) in [6, 6.07) is 0.579. The third kappa shape index (κ3) is 7.92. The summed E-state index contributed by atoms with van der Waals surface area (Å²) in [6.07, 6.45) is 5.99. The normalized spacial score (nSPS) is 23.1. The second-order valence-electron chi connectivity index (χ2n) is 7.11. The van der Waals surface area contributed by atoms with Gasteiger partial charge in [0.05, 0.1) is 19.8 Å². The molecule has 2 aliphatic heterocycles. The Bertz CT molecular complexity index is 366. The molecule has 2 aliphatic rings. The predicted molar refractivity (Wildman–Crippen MR) is 103 cm³/mol. The fraction of sp³-hybridized carbons (Fsp3) is 0.947. The molecular weight excluding hydrogens is 316 g/mol. The third-order valence-corrected chi connectivity index (χ3v) is 5.07. The van der Waals surface area contributed by atoms with E-state index in [-0.39, 0.29) is 0 Å². The molecule has 0 aliphatic carbocycles. The van der Waals surface area contributed by atoms with Crippen LogP contribution >= 0.6 is 0 Å². The maximum Gasteiger partial charge on any atom is 0.191 e. The van der Waals surface area contributed by atoms with Crippen molar-refractivity contribution >= 4 is 5.96 Å². The zero-order chi connectivity index (χ0) is 17.7. The highest BCUT2D eigenvalue weighted by Gasteiger charge is 2.20. The molecule has 25 heavy (non-hydrogen) atoms. The first kappa shape index (κ1) is 20.5. The molecule has 0 saturated carbocycles. The van der Waals surface area contributed by atoms with E-state index in [4.69, 9.17) is 14.5 Å². The van der Waals surface area contributed by atoms with Crippen LogP contribution in [0.2, 0.25) is 0 Å². The molecule has 0 aromatic heterocycles. The van der Waals surface area contributed by atoms with Crippen LogP contribution in [-0.2, 0) is 9.47 Å². The lowest BCUT2D eigenvalue weighted by Gasteiger charge is -2.25. The Morgan fingerprint density at radius 3 is 2.80 bits per heavy atom. The molecule has 0 bridgehead atoms.